The molecule has 2 aromatic heterocycles. The number of benzene rings is 1. The number of nitrogens with one attached hydrogen (secondary N) is 1. The average molecular weight is 382 g/mol. The smallest absolute Gasteiger partial charge is 0.356 e. The van der Waals surface area contributed by atoms with E-state index in [1.807, 2.05) is 30.3 Å². The molecule has 0 aliphatic carbocycles. The molecule has 3 aromatic rings. The Morgan fingerprint density at radius 3 is 2.36 bits per heavy atom. The lowest BCUT2D eigenvalue weighted by Gasteiger charge is -2.06. The lowest BCUT2D eigenvalue weighted by Crippen LogP contribution is -2.28. The predicted molar refractivity (Wildman–Crippen MR) is 98.9 cm³/mol. The van der Waals surface area contributed by atoms with Gasteiger partial charge in [0.15, 0.2) is 5.82 Å². The number of nitrogens with zero attached hydrogens (tertiary/aromatic N) is 3. The van der Waals surface area contributed by atoms with Gasteiger partial charge >= 0.3 is 11.3 Å². The highest BCUT2D eigenvalue weighted by atomic mass is 16.5. The molecule has 0 amide bonds. The van der Waals surface area contributed by atoms with Gasteiger partial charge in [-0.3, -0.25) is 5.41 Å². The molecule has 0 radical (unpaired) electrons. The van der Waals surface area contributed by atoms with Gasteiger partial charge in [0.2, 0.25) is 0 Å². The third kappa shape index (κ3) is 4.44. The first kappa shape index (κ1) is 18.9. The van der Waals surface area contributed by atoms with Gasteiger partial charge in [0, 0.05) is 31.3 Å². The minimum atomic E-state index is -0.834. The van der Waals surface area contributed by atoms with Crippen molar-refractivity contribution >= 4 is 0 Å². The molecular formula is C19H18N4O5. The minimum Gasteiger partial charge on any atom is -0.497 e. The average Bonchev–Trinajstić information content (AvgIpc) is 2.74. The van der Waals surface area contributed by atoms with Crippen LogP contribution in [0, 0.1) is 5.41 Å². The molecule has 0 aliphatic heterocycles. The maximum atomic E-state index is 11.9. The van der Waals surface area contributed by atoms with Crippen molar-refractivity contribution in [1.29, 1.82) is 5.41 Å². The Labute approximate surface area is 158 Å². The van der Waals surface area contributed by atoms with Gasteiger partial charge < -0.3 is 13.8 Å². The van der Waals surface area contributed by atoms with Crippen LogP contribution in [0.4, 0.5) is 0 Å². The SMILES string of the molecule is COc1ccc(Cc2cccc(-n3oc(=O)ccc(=O)on(C)c3=N)n2)cc1. The van der Waals surface area contributed by atoms with Crippen LogP contribution in [0.15, 0.2) is 73.2 Å². The fourth-order valence-electron chi connectivity index (χ4n) is 2.42. The molecule has 3 rings (SSSR count). The van der Waals surface area contributed by atoms with Gasteiger partial charge in [0.05, 0.1) is 7.11 Å². The Hall–Kier alpha value is -3.88. The predicted octanol–water partition coefficient (Wildman–Crippen LogP) is 1.32. The lowest BCUT2D eigenvalue weighted by atomic mass is 10.1. The molecule has 1 aromatic carbocycles. The third-order valence-electron chi connectivity index (χ3n) is 3.80. The summed E-state index contributed by atoms with van der Waals surface area (Å²) < 4.78 is 17.0. The highest BCUT2D eigenvalue weighted by Crippen LogP contribution is 2.14. The summed E-state index contributed by atoms with van der Waals surface area (Å²) in [5, 5.41) is 8.16. The zero-order chi connectivity index (χ0) is 20.1. The number of hydrogen-bond acceptors (Lipinski definition) is 7. The Morgan fingerprint density at radius 1 is 1.00 bits per heavy atom. The van der Waals surface area contributed by atoms with E-state index in [9.17, 15) is 9.59 Å². The van der Waals surface area contributed by atoms with Crippen LogP contribution < -0.4 is 21.6 Å². The first-order valence-corrected chi connectivity index (χ1v) is 8.29. The molecule has 0 atom stereocenters. The molecule has 2 heterocycles. The molecule has 0 spiro atoms. The van der Waals surface area contributed by atoms with Crippen molar-refractivity contribution < 1.29 is 13.8 Å². The fourth-order valence-corrected chi connectivity index (χ4v) is 2.42. The summed E-state index contributed by atoms with van der Waals surface area (Å²) >= 11 is 0. The zero-order valence-electron chi connectivity index (χ0n) is 15.3. The van der Waals surface area contributed by atoms with Crippen LogP contribution in [0.5, 0.6) is 5.75 Å². The van der Waals surface area contributed by atoms with Crippen LogP contribution in [0.2, 0.25) is 0 Å². The van der Waals surface area contributed by atoms with E-state index < -0.39 is 11.3 Å². The number of aryl methyl sites for hydroxylation is 1. The molecule has 0 saturated carbocycles. The molecule has 0 fully saturated rings. The van der Waals surface area contributed by atoms with Crippen LogP contribution in [-0.4, -0.2) is 21.6 Å². The molecule has 9 heteroatoms. The number of pyridine rings is 1. The zero-order valence-corrected chi connectivity index (χ0v) is 15.3. The van der Waals surface area contributed by atoms with Crippen molar-refractivity contribution in [2.24, 2.45) is 7.05 Å². The topological polar surface area (TPSA) is 116 Å². The summed E-state index contributed by atoms with van der Waals surface area (Å²) in [6.07, 6.45) is 0.525. The number of hydrogen-bond donors (Lipinski definition) is 1. The molecule has 0 bridgehead atoms. The summed E-state index contributed by atoms with van der Waals surface area (Å²) in [5.41, 5.74) is -0.316. The van der Waals surface area contributed by atoms with Crippen molar-refractivity contribution in [2.45, 2.75) is 6.42 Å². The van der Waals surface area contributed by atoms with E-state index in [4.69, 9.17) is 19.2 Å². The van der Waals surface area contributed by atoms with E-state index in [1.165, 1.54) is 7.05 Å². The monoisotopic (exact) mass is 382 g/mol. The van der Waals surface area contributed by atoms with Crippen molar-refractivity contribution in [1.82, 2.24) is 14.5 Å². The first-order chi connectivity index (χ1) is 13.5. The lowest BCUT2D eigenvalue weighted by molar-refractivity contribution is 0.209. The third-order valence-corrected chi connectivity index (χ3v) is 3.80. The van der Waals surface area contributed by atoms with Crippen molar-refractivity contribution in [3.05, 3.63) is 92.3 Å². The first-order valence-electron chi connectivity index (χ1n) is 8.29. The number of aromatic nitrogens is 3. The van der Waals surface area contributed by atoms with Crippen molar-refractivity contribution in [3.63, 3.8) is 0 Å². The summed E-state index contributed by atoms with van der Waals surface area (Å²) in [4.78, 5) is 27.9. The molecule has 0 aliphatic rings. The molecule has 144 valence electrons. The van der Waals surface area contributed by atoms with Crippen LogP contribution in [0.3, 0.4) is 0 Å². The van der Waals surface area contributed by atoms with E-state index in [-0.39, 0.29) is 11.4 Å². The Bertz CT molecular complexity index is 1200. The van der Waals surface area contributed by atoms with Gasteiger partial charge in [-0.25, -0.2) is 14.6 Å². The number of ether oxygens (including phenoxy) is 1. The quantitative estimate of drug-likeness (QED) is 0.727. The fraction of sp³-hybridized carbons (Fsp3) is 0.158. The van der Waals surface area contributed by atoms with Crippen LogP contribution in [0.25, 0.3) is 5.82 Å². The van der Waals surface area contributed by atoms with E-state index in [0.29, 0.717) is 12.1 Å². The summed E-state index contributed by atoms with van der Waals surface area (Å²) in [6, 6.07) is 14.5. The molecular weight excluding hydrogens is 364 g/mol. The van der Waals surface area contributed by atoms with Gasteiger partial charge in [0.1, 0.15) is 5.75 Å². The van der Waals surface area contributed by atoms with Gasteiger partial charge in [-0.05, 0) is 29.8 Å². The van der Waals surface area contributed by atoms with E-state index in [1.54, 1.807) is 19.2 Å². The summed E-state index contributed by atoms with van der Waals surface area (Å²) in [5.74, 6) is 0.954. The highest BCUT2D eigenvalue weighted by molar-refractivity contribution is 5.31. The maximum Gasteiger partial charge on any atom is 0.356 e. The van der Waals surface area contributed by atoms with Gasteiger partial charge in [-0.15, -0.1) is 4.74 Å². The summed E-state index contributed by atoms with van der Waals surface area (Å²) in [7, 11) is 2.95. The Kier molecular flexibility index (Phi) is 5.54. The molecule has 0 saturated heterocycles. The second-order valence-corrected chi connectivity index (χ2v) is 5.78. The second kappa shape index (κ2) is 8.21. The standard InChI is InChI=1S/C19H18N4O5/c1-22-19(20)23(28-18(25)11-10-17(24)27-22)16-5-3-4-14(21-16)12-13-6-8-15(26-2)9-7-13/h3-11,20H,12H2,1-2H3. The van der Waals surface area contributed by atoms with Gasteiger partial charge in [0.25, 0.3) is 5.62 Å². The highest BCUT2D eigenvalue weighted by Gasteiger charge is 2.06. The van der Waals surface area contributed by atoms with Crippen molar-refractivity contribution in [3.8, 4) is 11.6 Å². The maximum absolute atomic E-state index is 11.9. The number of rotatable bonds is 4. The molecule has 1 N–H and O–H groups in total. The normalized spacial score (nSPS) is 10.4. The van der Waals surface area contributed by atoms with E-state index in [2.05, 4.69) is 4.98 Å². The molecule has 9 nitrogen and oxygen atoms in total. The van der Waals surface area contributed by atoms with Gasteiger partial charge in [-0.1, -0.05) is 18.2 Å². The second-order valence-electron chi connectivity index (χ2n) is 5.78. The Balaban J connectivity index is 2.08. The van der Waals surface area contributed by atoms with Crippen molar-refractivity contribution in [2.75, 3.05) is 7.11 Å². The minimum absolute atomic E-state index is 0.197. The van der Waals surface area contributed by atoms with Crippen LogP contribution in [-0.2, 0) is 13.5 Å². The van der Waals surface area contributed by atoms with E-state index in [0.717, 1.165) is 32.9 Å². The van der Waals surface area contributed by atoms with Crippen LogP contribution in [0.1, 0.15) is 11.3 Å². The number of methoxy groups -OCH3 is 1. The van der Waals surface area contributed by atoms with Crippen LogP contribution >= 0.6 is 0 Å². The molecule has 0 unspecified atom stereocenters. The van der Waals surface area contributed by atoms with Gasteiger partial charge in [-0.2, -0.15) is 4.74 Å². The summed E-state index contributed by atoms with van der Waals surface area (Å²) in [6.45, 7) is 0. The Morgan fingerprint density at radius 2 is 1.68 bits per heavy atom. The van der Waals surface area contributed by atoms with E-state index >= 15 is 0 Å². The molecule has 28 heavy (non-hydrogen) atoms. The largest absolute Gasteiger partial charge is 0.497 e.